The second kappa shape index (κ2) is 9.02. The summed E-state index contributed by atoms with van der Waals surface area (Å²) in [7, 11) is 3.30. The maximum atomic E-state index is 13.8. The average Bonchev–Trinajstić information content (AvgIpc) is 3.37. The number of anilines is 1. The van der Waals surface area contributed by atoms with Crippen molar-refractivity contribution >= 4 is 11.9 Å². The highest BCUT2D eigenvalue weighted by molar-refractivity contribution is 6.06. The SMILES string of the molecule is COc1ccc([C@@H]2C[C@@H](c3ccc(OC)cc3)n3ncnc3N2C(=O)c2cccc(C)c2)cc1. The Morgan fingerprint density at radius 3 is 2.09 bits per heavy atom. The van der Waals surface area contributed by atoms with Crippen LogP contribution in [0.4, 0.5) is 5.95 Å². The van der Waals surface area contributed by atoms with Crippen molar-refractivity contribution in [2.45, 2.75) is 25.4 Å². The lowest BCUT2D eigenvalue weighted by molar-refractivity contribution is 0.0963. The van der Waals surface area contributed by atoms with Crippen LogP contribution in [0.3, 0.4) is 0 Å². The fourth-order valence-corrected chi connectivity index (χ4v) is 4.56. The van der Waals surface area contributed by atoms with E-state index >= 15 is 0 Å². The average molecular weight is 455 g/mol. The molecular formula is C27H26N4O3. The molecule has 1 aromatic heterocycles. The van der Waals surface area contributed by atoms with E-state index in [1.165, 1.54) is 6.33 Å². The van der Waals surface area contributed by atoms with Crippen molar-refractivity contribution in [3.63, 3.8) is 0 Å². The van der Waals surface area contributed by atoms with Crippen LogP contribution in [0.5, 0.6) is 11.5 Å². The molecule has 0 unspecified atom stereocenters. The van der Waals surface area contributed by atoms with E-state index < -0.39 is 0 Å². The maximum Gasteiger partial charge on any atom is 0.261 e. The van der Waals surface area contributed by atoms with Crippen LogP contribution in [-0.2, 0) is 0 Å². The van der Waals surface area contributed by atoms with Gasteiger partial charge in [0, 0.05) is 5.56 Å². The van der Waals surface area contributed by atoms with Crippen molar-refractivity contribution in [2.24, 2.45) is 0 Å². The smallest absolute Gasteiger partial charge is 0.261 e. The molecule has 0 fully saturated rings. The minimum Gasteiger partial charge on any atom is -0.497 e. The zero-order valence-electron chi connectivity index (χ0n) is 19.4. The van der Waals surface area contributed by atoms with Crippen LogP contribution in [0.25, 0.3) is 0 Å². The summed E-state index contributed by atoms with van der Waals surface area (Å²) in [5.41, 5.74) is 3.74. The van der Waals surface area contributed by atoms with Crippen LogP contribution < -0.4 is 14.4 Å². The van der Waals surface area contributed by atoms with Gasteiger partial charge in [0.25, 0.3) is 5.91 Å². The van der Waals surface area contributed by atoms with E-state index in [0.717, 1.165) is 28.2 Å². The van der Waals surface area contributed by atoms with E-state index in [4.69, 9.17) is 9.47 Å². The fourth-order valence-electron chi connectivity index (χ4n) is 4.56. The largest absolute Gasteiger partial charge is 0.497 e. The lowest BCUT2D eigenvalue weighted by Crippen LogP contribution is -2.42. The molecule has 0 saturated heterocycles. The van der Waals surface area contributed by atoms with Gasteiger partial charge in [-0.15, -0.1) is 0 Å². The summed E-state index contributed by atoms with van der Waals surface area (Å²) in [4.78, 5) is 20.2. The molecule has 5 rings (SSSR count). The number of nitrogens with zero attached hydrogens (tertiary/aromatic N) is 4. The summed E-state index contributed by atoms with van der Waals surface area (Å²) in [6, 6.07) is 23.1. The number of fused-ring (bicyclic) bond motifs is 1. The number of hydrogen-bond acceptors (Lipinski definition) is 5. The predicted molar refractivity (Wildman–Crippen MR) is 129 cm³/mol. The molecule has 0 bridgehead atoms. The number of amides is 1. The molecule has 0 aliphatic carbocycles. The molecule has 1 aliphatic heterocycles. The third-order valence-corrected chi connectivity index (χ3v) is 6.31. The molecule has 0 radical (unpaired) electrons. The number of rotatable bonds is 5. The summed E-state index contributed by atoms with van der Waals surface area (Å²) >= 11 is 0. The van der Waals surface area contributed by atoms with Crippen LogP contribution >= 0.6 is 0 Å². The Hall–Kier alpha value is -4.13. The summed E-state index contributed by atoms with van der Waals surface area (Å²) in [5, 5.41) is 4.52. The molecule has 4 aromatic rings. The highest BCUT2D eigenvalue weighted by Gasteiger charge is 2.39. The van der Waals surface area contributed by atoms with Crippen molar-refractivity contribution in [1.82, 2.24) is 14.8 Å². The summed E-state index contributed by atoms with van der Waals surface area (Å²) in [6.07, 6.45) is 2.16. The molecule has 7 heteroatoms. The Morgan fingerprint density at radius 2 is 1.50 bits per heavy atom. The Labute approximate surface area is 198 Å². The van der Waals surface area contributed by atoms with Gasteiger partial charge >= 0.3 is 0 Å². The zero-order valence-corrected chi connectivity index (χ0v) is 19.4. The van der Waals surface area contributed by atoms with Gasteiger partial charge in [-0.05, 0) is 60.9 Å². The van der Waals surface area contributed by atoms with Gasteiger partial charge in [-0.25, -0.2) is 4.68 Å². The number of methoxy groups -OCH3 is 2. The molecule has 172 valence electrons. The molecule has 0 N–H and O–H groups in total. The molecule has 2 heterocycles. The summed E-state index contributed by atoms with van der Waals surface area (Å²) in [6.45, 7) is 1.98. The maximum absolute atomic E-state index is 13.8. The van der Waals surface area contributed by atoms with Crippen molar-refractivity contribution in [2.75, 3.05) is 19.1 Å². The summed E-state index contributed by atoms with van der Waals surface area (Å²) in [5.74, 6) is 1.98. The Bertz CT molecular complexity index is 1300. The first-order chi connectivity index (χ1) is 16.6. The summed E-state index contributed by atoms with van der Waals surface area (Å²) < 4.78 is 12.5. The van der Waals surface area contributed by atoms with Crippen LogP contribution in [0.15, 0.2) is 79.1 Å². The highest BCUT2D eigenvalue weighted by Crippen LogP contribution is 2.43. The van der Waals surface area contributed by atoms with Crippen LogP contribution in [0.2, 0.25) is 0 Å². The lowest BCUT2D eigenvalue weighted by Gasteiger charge is -2.39. The third-order valence-electron chi connectivity index (χ3n) is 6.31. The second-order valence-electron chi connectivity index (χ2n) is 8.36. The number of carbonyl (C=O) groups excluding carboxylic acids is 1. The highest BCUT2D eigenvalue weighted by atomic mass is 16.5. The van der Waals surface area contributed by atoms with E-state index in [0.29, 0.717) is 17.9 Å². The van der Waals surface area contributed by atoms with Gasteiger partial charge < -0.3 is 9.47 Å². The van der Waals surface area contributed by atoms with Crippen molar-refractivity contribution < 1.29 is 14.3 Å². The fraction of sp³-hybridized carbons (Fsp3) is 0.222. The van der Waals surface area contributed by atoms with E-state index in [1.807, 2.05) is 84.4 Å². The normalized spacial score (nSPS) is 17.2. The minimum absolute atomic E-state index is 0.0860. The van der Waals surface area contributed by atoms with Crippen molar-refractivity contribution in [3.8, 4) is 11.5 Å². The van der Waals surface area contributed by atoms with Gasteiger partial charge in [-0.2, -0.15) is 10.1 Å². The van der Waals surface area contributed by atoms with Gasteiger partial charge in [0.05, 0.1) is 26.3 Å². The zero-order chi connectivity index (χ0) is 23.7. The minimum atomic E-state index is -0.234. The first-order valence-electron chi connectivity index (χ1n) is 11.2. The number of ether oxygens (including phenoxy) is 2. The van der Waals surface area contributed by atoms with Gasteiger partial charge in [0.15, 0.2) is 0 Å². The molecule has 0 saturated carbocycles. The molecule has 3 aromatic carbocycles. The molecule has 1 aliphatic rings. The van der Waals surface area contributed by atoms with Crippen molar-refractivity contribution in [1.29, 1.82) is 0 Å². The standard InChI is InChI=1S/C27H26N4O3/c1-18-5-4-6-21(15-18)26(32)30-24(19-7-11-22(33-2)12-8-19)16-25(31-27(30)28-17-29-31)20-9-13-23(34-3)14-10-20/h4-15,17,24-25H,16H2,1-3H3/t24-,25-/m0/s1. The van der Waals surface area contributed by atoms with Gasteiger partial charge in [0.1, 0.15) is 17.8 Å². The second-order valence-corrected chi connectivity index (χ2v) is 8.36. The number of aromatic nitrogens is 3. The topological polar surface area (TPSA) is 69.5 Å². The van der Waals surface area contributed by atoms with E-state index in [-0.39, 0.29) is 18.0 Å². The Kier molecular flexibility index (Phi) is 5.76. The molecule has 0 spiro atoms. The first-order valence-corrected chi connectivity index (χ1v) is 11.2. The van der Waals surface area contributed by atoms with Crippen LogP contribution in [0.1, 0.15) is 45.6 Å². The van der Waals surface area contributed by atoms with Crippen LogP contribution in [-0.4, -0.2) is 34.9 Å². The Morgan fingerprint density at radius 1 is 0.882 bits per heavy atom. The van der Waals surface area contributed by atoms with Gasteiger partial charge in [-0.1, -0.05) is 42.0 Å². The van der Waals surface area contributed by atoms with Gasteiger partial charge in [-0.3, -0.25) is 9.69 Å². The van der Waals surface area contributed by atoms with Crippen molar-refractivity contribution in [3.05, 3.63) is 101 Å². The molecular weight excluding hydrogens is 428 g/mol. The van der Waals surface area contributed by atoms with Crippen LogP contribution in [0, 0.1) is 6.92 Å². The monoisotopic (exact) mass is 454 g/mol. The van der Waals surface area contributed by atoms with Gasteiger partial charge in [0.2, 0.25) is 5.95 Å². The third kappa shape index (κ3) is 3.90. The number of hydrogen-bond donors (Lipinski definition) is 0. The number of aryl methyl sites for hydroxylation is 1. The molecule has 2 atom stereocenters. The molecule has 1 amide bonds. The lowest BCUT2D eigenvalue weighted by atomic mass is 9.91. The molecule has 7 nitrogen and oxygen atoms in total. The predicted octanol–water partition coefficient (Wildman–Crippen LogP) is 4.98. The number of carbonyl (C=O) groups is 1. The molecule has 34 heavy (non-hydrogen) atoms. The first kappa shape index (κ1) is 21.7. The quantitative estimate of drug-likeness (QED) is 0.425. The van der Waals surface area contributed by atoms with E-state index in [9.17, 15) is 4.79 Å². The van der Waals surface area contributed by atoms with E-state index in [1.54, 1.807) is 19.1 Å². The Balaban J connectivity index is 1.62. The van der Waals surface area contributed by atoms with E-state index in [2.05, 4.69) is 10.1 Å². The number of benzene rings is 3.